The molecular weight excluding hydrogens is 291 g/mol. The second-order valence-electron chi connectivity index (χ2n) is 3.75. The molecule has 0 spiro atoms. The molecule has 4 nitrogen and oxygen atoms in total. The Hall–Kier alpha value is -1.50. The largest absolute Gasteiger partial charge is 0.243 e. The maximum Gasteiger partial charge on any atom is 0.243 e. The van der Waals surface area contributed by atoms with E-state index in [2.05, 4.69) is 9.71 Å². The zero-order chi connectivity index (χ0) is 13.9. The van der Waals surface area contributed by atoms with E-state index in [0.717, 1.165) is 0 Å². The van der Waals surface area contributed by atoms with Crippen LogP contribution in [0.5, 0.6) is 0 Å². The first-order chi connectivity index (χ1) is 8.99. The molecule has 2 aromatic rings. The zero-order valence-corrected chi connectivity index (χ0v) is 11.2. The van der Waals surface area contributed by atoms with Gasteiger partial charge < -0.3 is 0 Å². The number of nitrogens with zero attached hydrogens (tertiary/aromatic N) is 1. The fourth-order valence-electron chi connectivity index (χ4n) is 1.47. The van der Waals surface area contributed by atoms with Crippen molar-refractivity contribution in [3.05, 3.63) is 59.1 Å². The van der Waals surface area contributed by atoms with Crippen LogP contribution in [-0.4, -0.2) is 13.4 Å². The Kier molecular flexibility index (Phi) is 4.14. The third kappa shape index (κ3) is 3.50. The molecule has 0 aliphatic rings. The highest BCUT2D eigenvalue weighted by Crippen LogP contribution is 2.17. The van der Waals surface area contributed by atoms with Crippen molar-refractivity contribution < 1.29 is 12.8 Å². The van der Waals surface area contributed by atoms with Gasteiger partial charge >= 0.3 is 0 Å². The summed E-state index contributed by atoms with van der Waals surface area (Å²) in [5, 5.41) is -0.103. The van der Waals surface area contributed by atoms with E-state index in [1.165, 1.54) is 36.5 Å². The van der Waals surface area contributed by atoms with Gasteiger partial charge in [0, 0.05) is 12.7 Å². The molecule has 0 atom stereocenters. The molecule has 1 N–H and O–H groups in total. The van der Waals surface area contributed by atoms with Crippen LogP contribution in [0, 0.1) is 5.82 Å². The molecule has 1 aromatic heterocycles. The highest BCUT2D eigenvalue weighted by molar-refractivity contribution is 7.89. The maximum absolute atomic E-state index is 13.0. The van der Waals surface area contributed by atoms with Crippen LogP contribution < -0.4 is 4.72 Å². The molecule has 7 heteroatoms. The van der Waals surface area contributed by atoms with Gasteiger partial charge in [-0.25, -0.2) is 22.5 Å². The van der Waals surface area contributed by atoms with Gasteiger partial charge in [-0.1, -0.05) is 23.7 Å². The minimum atomic E-state index is -3.77. The van der Waals surface area contributed by atoms with E-state index in [1.807, 2.05) is 0 Å². The van der Waals surface area contributed by atoms with Crippen molar-refractivity contribution in [3.63, 3.8) is 0 Å². The molecule has 0 aliphatic heterocycles. The lowest BCUT2D eigenvalue weighted by atomic mass is 10.2. The second-order valence-corrected chi connectivity index (χ2v) is 5.84. The van der Waals surface area contributed by atoms with Crippen molar-refractivity contribution >= 4 is 21.6 Å². The number of pyridine rings is 1. The molecule has 0 radical (unpaired) electrons. The van der Waals surface area contributed by atoms with Crippen LogP contribution in [-0.2, 0) is 16.6 Å². The minimum absolute atomic E-state index is 0.0225. The molecule has 100 valence electrons. The summed E-state index contributed by atoms with van der Waals surface area (Å²) >= 11 is 5.73. The van der Waals surface area contributed by atoms with Crippen LogP contribution in [0.3, 0.4) is 0 Å². The minimum Gasteiger partial charge on any atom is -0.243 e. The predicted octanol–water partition coefficient (Wildman–Crippen LogP) is 2.35. The van der Waals surface area contributed by atoms with Gasteiger partial charge in [0.1, 0.15) is 15.9 Å². The molecule has 0 amide bonds. The van der Waals surface area contributed by atoms with Crippen molar-refractivity contribution in [2.75, 3.05) is 0 Å². The molecule has 0 fully saturated rings. The van der Waals surface area contributed by atoms with Crippen molar-refractivity contribution in [2.45, 2.75) is 11.4 Å². The Morgan fingerprint density at radius 1 is 1.26 bits per heavy atom. The SMILES string of the molecule is O=S(=O)(NCc1cccc(F)c1)c1cccnc1Cl. The van der Waals surface area contributed by atoms with Gasteiger partial charge in [0.2, 0.25) is 10.0 Å². The summed E-state index contributed by atoms with van der Waals surface area (Å²) in [5.41, 5.74) is 0.517. The van der Waals surface area contributed by atoms with Crippen LogP contribution in [0.4, 0.5) is 4.39 Å². The summed E-state index contributed by atoms with van der Waals surface area (Å²) in [6.07, 6.45) is 1.40. The Bertz CT molecular complexity index is 692. The van der Waals surface area contributed by atoms with Gasteiger partial charge in [-0.3, -0.25) is 0 Å². The molecule has 19 heavy (non-hydrogen) atoms. The van der Waals surface area contributed by atoms with E-state index < -0.39 is 15.8 Å². The normalized spacial score (nSPS) is 11.5. The standard InChI is InChI=1S/C12H10ClFN2O2S/c13-12-11(5-2-6-15-12)19(17,18)16-8-9-3-1-4-10(14)7-9/h1-7,16H,8H2. The molecule has 1 heterocycles. The van der Waals surface area contributed by atoms with Gasteiger partial charge in [-0.15, -0.1) is 0 Å². The number of aromatic nitrogens is 1. The average molecular weight is 301 g/mol. The summed E-state index contributed by atoms with van der Waals surface area (Å²) in [4.78, 5) is 3.60. The van der Waals surface area contributed by atoms with E-state index in [9.17, 15) is 12.8 Å². The topological polar surface area (TPSA) is 59.1 Å². The van der Waals surface area contributed by atoms with E-state index >= 15 is 0 Å². The number of benzene rings is 1. The number of sulfonamides is 1. The lowest BCUT2D eigenvalue weighted by molar-refractivity contribution is 0.580. The number of rotatable bonds is 4. The van der Waals surface area contributed by atoms with Crippen LogP contribution in [0.15, 0.2) is 47.5 Å². The summed E-state index contributed by atoms with van der Waals surface area (Å²) in [6, 6.07) is 8.50. The molecule has 0 saturated heterocycles. The van der Waals surface area contributed by atoms with E-state index in [0.29, 0.717) is 5.56 Å². The Morgan fingerprint density at radius 3 is 2.74 bits per heavy atom. The lowest BCUT2D eigenvalue weighted by Gasteiger charge is -2.07. The molecule has 0 bridgehead atoms. The van der Waals surface area contributed by atoms with E-state index in [4.69, 9.17) is 11.6 Å². The Labute approximate surface area is 115 Å². The Morgan fingerprint density at radius 2 is 2.05 bits per heavy atom. The average Bonchev–Trinajstić information content (AvgIpc) is 2.37. The molecule has 2 rings (SSSR count). The summed E-state index contributed by atoms with van der Waals surface area (Å²) in [6.45, 7) is -0.0225. The van der Waals surface area contributed by atoms with Gasteiger partial charge in [0.15, 0.2) is 0 Å². The molecule has 0 aliphatic carbocycles. The molecule has 0 saturated carbocycles. The van der Waals surface area contributed by atoms with Crippen LogP contribution in [0.1, 0.15) is 5.56 Å². The van der Waals surface area contributed by atoms with Crippen LogP contribution in [0.2, 0.25) is 5.15 Å². The van der Waals surface area contributed by atoms with Crippen molar-refractivity contribution in [3.8, 4) is 0 Å². The van der Waals surface area contributed by atoms with E-state index in [1.54, 1.807) is 6.07 Å². The monoisotopic (exact) mass is 300 g/mol. The van der Waals surface area contributed by atoms with E-state index in [-0.39, 0.29) is 16.6 Å². The quantitative estimate of drug-likeness (QED) is 0.882. The van der Waals surface area contributed by atoms with Crippen LogP contribution in [0.25, 0.3) is 0 Å². The molecule has 0 unspecified atom stereocenters. The number of hydrogen-bond donors (Lipinski definition) is 1. The highest BCUT2D eigenvalue weighted by Gasteiger charge is 2.17. The number of hydrogen-bond acceptors (Lipinski definition) is 3. The maximum atomic E-state index is 13.0. The lowest BCUT2D eigenvalue weighted by Crippen LogP contribution is -2.23. The third-order valence-electron chi connectivity index (χ3n) is 2.37. The summed E-state index contributed by atoms with van der Waals surface area (Å²) in [5.74, 6) is -0.420. The fraction of sp³-hybridized carbons (Fsp3) is 0.0833. The van der Waals surface area contributed by atoms with Crippen LogP contribution >= 0.6 is 11.6 Å². The predicted molar refractivity (Wildman–Crippen MR) is 69.7 cm³/mol. The van der Waals surface area contributed by atoms with Crippen molar-refractivity contribution in [2.24, 2.45) is 0 Å². The highest BCUT2D eigenvalue weighted by atomic mass is 35.5. The van der Waals surface area contributed by atoms with Crippen molar-refractivity contribution in [1.82, 2.24) is 9.71 Å². The zero-order valence-electron chi connectivity index (χ0n) is 9.68. The van der Waals surface area contributed by atoms with Gasteiger partial charge in [-0.05, 0) is 29.8 Å². The third-order valence-corrected chi connectivity index (χ3v) is 4.22. The molecular formula is C12H10ClFN2O2S. The fourth-order valence-corrected chi connectivity index (χ4v) is 2.94. The first-order valence-corrected chi connectivity index (χ1v) is 7.20. The molecule has 1 aromatic carbocycles. The smallest absolute Gasteiger partial charge is 0.243 e. The summed E-state index contributed by atoms with van der Waals surface area (Å²) < 4.78 is 39.3. The van der Waals surface area contributed by atoms with Gasteiger partial charge in [-0.2, -0.15) is 0 Å². The van der Waals surface area contributed by atoms with Gasteiger partial charge in [0.25, 0.3) is 0 Å². The summed E-state index contributed by atoms with van der Waals surface area (Å²) in [7, 11) is -3.77. The number of nitrogens with one attached hydrogen (secondary N) is 1. The second kappa shape index (κ2) is 5.64. The first kappa shape index (κ1) is 13.9. The first-order valence-electron chi connectivity index (χ1n) is 5.34. The van der Waals surface area contributed by atoms with Crippen molar-refractivity contribution in [1.29, 1.82) is 0 Å². The Balaban J connectivity index is 2.17. The number of halogens is 2. The van der Waals surface area contributed by atoms with Gasteiger partial charge in [0.05, 0.1) is 0 Å².